The number of carbonyl (C=O) groups is 1. The predicted molar refractivity (Wildman–Crippen MR) is 157 cm³/mol. The van der Waals surface area contributed by atoms with Gasteiger partial charge >= 0.3 is 0 Å². The molecule has 0 aliphatic carbocycles. The maximum atomic E-state index is 13.9. The van der Waals surface area contributed by atoms with Crippen molar-refractivity contribution in [1.29, 1.82) is 0 Å². The molecule has 35 heavy (non-hydrogen) atoms. The first kappa shape index (κ1) is 24.1. The van der Waals surface area contributed by atoms with E-state index in [1.807, 2.05) is 57.2 Å². The lowest BCUT2D eigenvalue weighted by molar-refractivity contribution is -0.113. The molecule has 0 spiro atoms. The third-order valence-electron chi connectivity index (χ3n) is 6.25. The predicted octanol–water partition coefficient (Wildman–Crippen LogP) is 6.80. The summed E-state index contributed by atoms with van der Waals surface area (Å²) in [6, 6.07) is 17.9. The van der Waals surface area contributed by atoms with E-state index < -0.39 is 0 Å². The van der Waals surface area contributed by atoms with Crippen LogP contribution < -0.4 is 15.4 Å². The summed E-state index contributed by atoms with van der Waals surface area (Å²) in [5.74, 6) is 1.41. The number of allylic oxidation sites excluding steroid dienone is 1. The molecule has 5 rings (SSSR count). The molecule has 178 valence electrons. The number of hydrogen-bond acceptors (Lipinski definition) is 4. The first-order valence-corrected chi connectivity index (χ1v) is 13.3. The molecule has 0 saturated carbocycles. The summed E-state index contributed by atoms with van der Waals surface area (Å²) in [7, 11) is 1.68. The highest BCUT2D eigenvalue weighted by Crippen LogP contribution is 2.42. The van der Waals surface area contributed by atoms with Gasteiger partial charge in [0, 0.05) is 11.4 Å². The number of para-hydroxylation sites is 2. The highest BCUT2D eigenvalue weighted by atomic mass is 127. The van der Waals surface area contributed by atoms with E-state index in [0.717, 1.165) is 57.9 Å². The number of carbonyl (C=O) groups excluding carboxylic acids is 1. The monoisotopic (exact) mass is 690 g/mol. The van der Waals surface area contributed by atoms with Crippen molar-refractivity contribution in [3.8, 4) is 5.75 Å². The Kier molecular flexibility index (Phi) is 6.51. The van der Waals surface area contributed by atoms with Crippen LogP contribution in [0.25, 0.3) is 11.0 Å². The van der Waals surface area contributed by atoms with E-state index in [-0.39, 0.29) is 11.9 Å². The van der Waals surface area contributed by atoms with Crippen LogP contribution in [-0.2, 0) is 4.79 Å². The molecule has 0 radical (unpaired) electrons. The van der Waals surface area contributed by atoms with Crippen LogP contribution >= 0.6 is 45.2 Å². The lowest BCUT2D eigenvalue weighted by atomic mass is 9.94. The molecule has 8 heteroatoms. The average molecular weight is 690 g/mol. The molecule has 3 aromatic carbocycles. The van der Waals surface area contributed by atoms with Crippen molar-refractivity contribution in [1.82, 2.24) is 9.55 Å². The largest absolute Gasteiger partial charge is 0.495 e. The van der Waals surface area contributed by atoms with Crippen LogP contribution in [0.15, 0.2) is 65.9 Å². The van der Waals surface area contributed by atoms with Crippen molar-refractivity contribution in [2.24, 2.45) is 0 Å². The minimum absolute atomic E-state index is 0.142. The van der Waals surface area contributed by atoms with Crippen LogP contribution in [0.2, 0.25) is 0 Å². The molecule has 1 atom stereocenters. The lowest BCUT2D eigenvalue weighted by Crippen LogP contribution is -2.31. The van der Waals surface area contributed by atoms with Gasteiger partial charge in [0.25, 0.3) is 5.91 Å². The number of hydrogen-bond donors (Lipinski definition) is 2. The Labute approximate surface area is 231 Å². The van der Waals surface area contributed by atoms with Crippen molar-refractivity contribution in [2.75, 3.05) is 17.7 Å². The van der Waals surface area contributed by atoms with Gasteiger partial charge in [0.15, 0.2) is 0 Å². The molecule has 1 aliphatic heterocycles. The van der Waals surface area contributed by atoms with Crippen LogP contribution in [0, 0.1) is 21.0 Å². The second kappa shape index (κ2) is 9.45. The van der Waals surface area contributed by atoms with Crippen LogP contribution in [0.4, 0.5) is 11.6 Å². The summed E-state index contributed by atoms with van der Waals surface area (Å²) in [4.78, 5) is 18.7. The number of fused-ring (bicyclic) bond motifs is 3. The summed E-state index contributed by atoms with van der Waals surface area (Å²) < 4.78 is 9.70. The number of ether oxygens (including phenoxy) is 1. The standard InChI is InChI=1S/C27H24I2N4O2/c1-14-9-10-20(15(2)11-14)31-26(34)23-16(3)30-27-32-21-7-5-6-8-22(21)33(27)24(23)17-12-18(28)25(35-4)19(29)13-17/h5-13,24H,1-4H3,(H,30,32)(H,31,34)/t24-/m1/s1. The molecule has 2 heterocycles. The molecular weight excluding hydrogens is 666 g/mol. The van der Waals surface area contributed by atoms with E-state index in [1.54, 1.807) is 7.11 Å². The van der Waals surface area contributed by atoms with Gasteiger partial charge in [-0.1, -0.05) is 29.8 Å². The number of halogens is 2. The van der Waals surface area contributed by atoms with Crippen molar-refractivity contribution in [3.05, 3.63) is 89.7 Å². The zero-order valence-corrected chi connectivity index (χ0v) is 24.1. The van der Waals surface area contributed by atoms with Gasteiger partial charge in [-0.05, 0) is 107 Å². The van der Waals surface area contributed by atoms with E-state index >= 15 is 0 Å². The van der Waals surface area contributed by atoms with E-state index in [4.69, 9.17) is 9.72 Å². The fraction of sp³-hybridized carbons (Fsp3) is 0.185. The van der Waals surface area contributed by atoms with Gasteiger partial charge in [-0.25, -0.2) is 4.98 Å². The molecule has 1 amide bonds. The third-order valence-corrected chi connectivity index (χ3v) is 7.85. The molecule has 0 unspecified atom stereocenters. The lowest BCUT2D eigenvalue weighted by Gasteiger charge is -2.31. The third kappa shape index (κ3) is 4.31. The number of benzene rings is 3. The average Bonchev–Trinajstić information content (AvgIpc) is 3.17. The number of aromatic nitrogens is 2. The van der Waals surface area contributed by atoms with Gasteiger partial charge < -0.3 is 15.4 Å². The molecule has 1 aromatic heterocycles. The molecule has 6 nitrogen and oxygen atoms in total. The van der Waals surface area contributed by atoms with E-state index in [9.17, 15) is 4.79 Å². The van der Waals surface area contributed by atoms with Crippen molar-refractivity contribution in [3.63, 3.8) is 0 Å². The quantitative estimate of drug-likeness (QED) is 0.232. The fourth-order valence-corrected chi connectivity index (χ4v) is 6.91. The molecule has 0 saturated heterocycles. The number of anilines is 2. The molecular formula is C27H24I2N4O2. The Morgan fingerprint density at radius 2 is 1.77 bits per heavy atom. The Bertz CT molecular complexity index is 1500. The summed E-state index contributed by atoms with van der Waals surface area (Å²) in [6.07, 6.45) is 0. The fourth-order valence-electron chi connectivity index (χ4n) is 4.65. The van der Waals surface area contributed by atoms with Gasteiger partial charge in [0.05, 0.1) is 36.9 Å². The maximum Gasteiger partial charge on any atom is 0.255 e. The number of nitrogens with zero attached hydrogens (tertiary/aromatic N) is 2. The summed E-state index contributed by atoms with van der Waals surface area (Å²) in [6.45, 7) is 5.99. The number of methoxy groups -OCH3 is 1. The Balaban J connectivity index is 1.70. The molecule has 2 N–H and O–H groups in total. The number of rotatable bonds is 4. The van der Waals surface area contributed by atoms with E-state index in [1.165, 1.54) is 0 Å². The highest BCUT2D eigenvalue weighted by Gasteiger charge is 2.35. The normalized spacial score (nSPS) is 15.1. The Morgan fingerprint density at radius 1 is 1.06 bits per heavy atom. The highest BCUT2D eigenvalue weighted by molar-refractivity contribution is 14.1. The second-order valence-corrected chi connectivity index (χ2v) is 11.0. The molecule has 4 aromatic rings. The van der Waals surface area contributed by atoms with Crippen LogP contribution in [0.1, 0.15) is 29.7 Å². The van der Waals surface area contributed by atoms with Crippen molar-refractivity contribution >= 4 is 73.8 Å². The SMILES string of the molecule is COc1c(I)cc([C@@H]2C(C(=O)Nc3ccc(C)cc3C)=C(C)Nc3nc4ccccc4n32)cc1I. The Hall–Kier alpha value is -2.60. The Morgan fingerprint density at radius 3 is 2.46 bits per heavy atom. The number of amides is 1. The zero-order valence-electron chi connectivity index (χ0n) is 19.7. The van der Waals surface area contributed by atoms with Gasteiger partial charge in [-0.2, -0.15) is 0 Å². The minimum Gasteiger partial charge on any atom is -0.495 e. The second-order valence-electron chi connectivity index (χ2n) is 8.65. The first-order chi connectivity index (χ1) is 16.8. The van der Waals surface area contributed by atoms with Crippen LogP contribution in [0.3, 0.4) is 0 Å². The molecule has 1 aliphatic rings. The molecule has 0 bridgehead atoms. The summed E-state index contributed by atoms with van der Waals surface area (Å²) in [5.41, 5.74) is 7.25. The first-order valence-electron chi connectivity index (χ1n) is 11.1. The van der Waals surface area contributed by atoms with Crippen LogP contribution in [-0.4, -0.2) is 22.6 Å². The van der Waals surface area contributed by atoms with E-state index in [2.05, 4.69) is 78.6 Å². The maximum absolute atomic E-state index is 13.9. The minimum atomic E-state index is -0.364. The summed E-state index contributed by atoms with van der Waals surface area (Å²) >= 11 is 4.59. The smallest absolute Gasteiger partial charge is 0.255 e. The number of nitrogens with one attached hydrogen (secondary N) is 2. The number of aryl methyl sites for hydroxylation is 2. The van der Waals surface area contributed by atoms with Gasteiger partial charge in [-0.15, -0.1) is 0 Å². The van der Waals surface area contributed by atoms with E-state index in [0.29, 0.717) is 5.57 Å². The van der Waals surface area contributed by atoms with Gasteiger partial charge in [0.2, 0.25) is 5.95 Å². The molecule has 0 fully saturated rings. The van der Waals surface area contributed by atoms with Gasteiger partial charge in [-0.3, -0.25) is 9.36 Å². The van der Waals surface area contributed by atoms with Crippen LogP contribution in [0.5, 0.6) is 5.75 Å². The number of imidazole rings is 1. The van der Waals surface area contributed by atoms with Gasteiger partial charge in [0.1, 0.15) is 5.75 Å². The summed E-state index contributed by atoms with van der Waals surface area (Å²) in [5, 5.41) is 6.54. The zero-order chi connectivity index (χ0) is 24.9. The van der Waals surface area contributed by atoms with Crippen molar-refractivity contribution in [2.45, 2.75) is 26.8 Å². The topological polar surface area (TPSA) is 68.2 Å². The van der Waals surface area contributed by atoms with Crippen molar-refractivity contribution < 1.29 is 9.53 Å².